The molecule has 1 amide bonds. The van der Waals surface area contributed by atoms with Gasteiger partial charge < -0.3 is 0 Å². The summed E-state index contributed by atoms with van der Waals surface area (Å²) < 4.78 is 0. The normalized spacial score (nSPS) is 13.8. The number of benzene rings is 1. The van der Waals surface area contributed by atoms with E-state index in [0.29, 0.717) is 15.6 Å². The van der Waals surface area contributed by atoms with E-state index in [1.165, 1.54) is 12.3 Å². The van der Waals surface area contributed by atoms with Crippen LogP contribution in [0.25, 0.3) is 0 Å². The van der Waals surface area contributed by atoms with Crippen molar-refractivity contribution in [2.24, 2.45) is 11.0 Å². The summed E-state index contributed by atoms with van der Waals surface area (Å²) in [6.45, 7) is 0. The summed E-state index contributed by atoms with van der Waals surface area (Å²) in [6, 6.07) is 6.38. The zero-order valence-corrected chi connectivity index (χ0v) is 13.3. The van der Waals surface area contributed by atoms with Crippen molar-refractivity contribution in [3.05, 3.63) is 52.3 Å². The molecule has 1 fully saturated rings. The number of nitro benzene ring substituents is 1. The molecule has 1 aliphatic carbocycles. The Morgan fingerprint density at radius 3 is 2.79 bits per heavy atom. The highest BCUT2D eigenvalue weighted by molar-refractivity contribution is 7.99. The van der Waals surface area contributed by atoms with Crippen molar-refractivity contribution in [1.82, 2.24) is 15.4 Å². The van der Waals surface area contributed by atoms with Gasteiger partial charge in [-0.25, -0.2) is 15.4 Å². The number of amides is 1. The number of rotatable bonds is 6. The first-order chi connectivity index (χ1) is 11.6. The second kappa shape index (κ2) is 7.18. The topological polar surface area (TPSA) is 110 Å². The fourth-order valence-corrected chi connectivity index (χ4v) is 2.69. The van der Waals surface area contributed by atoms with Crippen molar-refractivity contribution in [3.8, 4) is 0 Å². The van der Waals surface area contributed by atoms with Gasteiger partial charge in [-0.1, -0.05) is 6.07 Å². The zero-order chi connectivity index (χ0) is 16.9. The summed E-state index contributed by atoms with van der Waals surface area (Å²) in [6.07, 6.45) is 6.32. The van der Waals surface area contributed by atoms with Gasteiger partial charge in [0.15, 0.2) is 5.16 Å². The van der Waals surface area contributed by atoms with Crippen LogP contribution in [-0.2, 0) is 4.79 Å². The van der Waals surface area contributed by atoms with Crippen LogP contribution in [0.5, 0.6) is 0 Å². The average molecular weight is 343 g/mol. The van der Waals surface area contributed by atoms with Crippen molar-refractivity contribution in [1.29, 1.82) is 0 Å². The Labute approximate surface area is 141 Å². The Kier molecular flexibility index (Phi) is 4.80. The number of nitrogens with zero attached hydrogens (tertiary/aromatic N) is 4. The fourth-order valence-electron chi connectivity index (χ4n) is 1.89. The highest BCUT2D eigenvalue weighted by atomic mass is 32.2. The van der Waals surface area contributed by atoms with Crippen LogP contribution in [0.3, 0.4) is 0 Å². The molecule has 0 atom stereocenters. The molecule has 1 heterocycles. The lowest BCUT2D eigenvalue weighted by molar-refractivity contribution is -0.387. The number of hydrogen-bond donors (Lipinski definition) is 1. The first-order valence-electron chi connectivity index (χ1n) is 7.20. The molecule has 24 heavy (non-hydrogen) atoms. The van der Waals surface area contributed by atoms with Crippen LogP contribution in [-0.4, -0.2) is 27.0 Å². The van der Waals surface area contributed by atoms with E-state index in [1.54, 1.807) is 30.6 Å². The minimum atomic E-state index is -0.467. The van der Waals surface area contributed by atoms with Crippen molar-refractivity contribution in [2.75, 3.05) is 0 Å². The lowest BCUT2D eigenvalue weighted by Gasteiger charge is -2.03. The molecule has 0 aliphatic heterocycles. The summed E-state index contributed by atoms with van der Waals surface area (Å²) in [5.74, 6) is -0.0599. The Hall–Kier alpha value is -2.81. The van der Waals surface area contributed by atoms with Crippen LogP contribution in [0.15, 0.2) is 51.8 Å². The van der Waals surface area contributed by atoms with Gasteiger partial charge in [-0.15, -0.1) is 0 Å². The first kappa shape index (κ1) is 16.1. The quantitative estimate of drug-likeness (QED) is 0.373. The molecule has 0 spiro atoms. The van der Waals surface area contributed by atoms with E-state index in [9.17, 15) is 14.9 Å². The van der Waals surface area contributed by atoms with Gasteiger partial charge in [0, 0.05) is 29.9 Å². The van der Waals surface area contributed by atoms with Crippen LogP contribution >= 0.6 is 11.8 Å². The van der Waals surface area contributed by atoms with Crippen molar-refractivity contribution >= 4 is 29.6 Å². The molecule has 8 nitrogen and oxygen atoms in total. The predicted molar refractivity (Wildman–Crippen MR) is 87.7 cm³/mol. The van der Waals surface area contributed by atoms with E-state index in [1.807, 2.05) is 0 Å². The Balaban J connectivity index is 1.75. The number of nitrogens with one attached hydrogen (secondary N) is 1. The second-order valence-electron chi connectivity index (χ2n) is 5.13. The third-order valence-electron chi connectivity index (χ3n) is 3.26. The van der Waals surface area contributed by atoms with Crippen molar-refractivity contribution in [2.45, 2.75) is 22.9 Å². The predicted octanol–water partition coefficient (Wildman–Crippen LogP) is 2.40. The van der Waals surface area contributed by atoms with Gasteiger partial charge in [-0.3, -0.25) is 14.9 Å². The van der Waals surface area contributed by atoms with Gasteiger partial charge in [0.25, 0.3) is 5.69 Å². The van der Waals surface area contributed by atoms with E-state index >= 15 is 0 Å². The number of carbonyl (C=O) groups excluding carboxylic acids is 1. The van der Waals surface area contributed by atoms with Crippen LogP contribution in [0.1, 0.15) is 18.4 Å². The van der Waals surface area contributed by atoms with Crippen molar-refractivity contribution < 1.29 is 9.72 Å². The summed E-state index contributed by atoms with van der Waals surface area (Å²) in [4.78, 5) is 30.8. The molecule has 0 bridgehead atoms. The minimum absolute atomic E-state index is 0.0566. The maximum absolute atomic E-state index is 11.5. The van der Waals surface area contributed by atoms with Gasteiger partial charge in [-0.05, 0) is 36.7 Å². The van der Waals surface area contributed by atoms with Crippen LogP contribution in [0, 0.1) is 16.0 Å². The van der Waals surface area contributed by atoms with Gasteiger partial charge in [0.1, 0.15) is 0 Å². The van der Waals surface area contributed by atoms with Gasteiger partial charge >= 0.3 is 0 Å². The molecule has 1 aromatic heterocycles. The van der Waals surface area contributed by atoms with E-state index in [0.717, 1.165) is 24.6 Å². The molecule has 0 unspecified atom stereocenters. The SMILES string of the molecule is O=C(NN=Cc1ccc(Sc2ncccn2)c([N+](=O)[O-])c1)C1CC1. The monoisotopic (exact) mass is 343 g/mol. The van der Waals surface area contributed by atoms with E-state index in [2.05, 4.69) is 20.5 Å². The fraction of sp³-hybridized carbons (Fsp3) is 0.200. The summed E-state index contributed by atoms with van der Waals surface area (Å²) in [5, 5.41) is 15.5. The Morgan fingerprint density at radius 2 is 2.12 bits per heavy atom. The van der Waals surface area contributed by atoms with Crippen LogP contribution < -0.4 is 5.43 Å². The Bertz CT molecular complexity index is 793. The summed E-state index contributed by atoms with van der Waals surface area (Å²) in [7, 11) is 0. The highest BCUT2D eigenvalue weighted by Crippen LogP contribution is 2.33. The number of nitro groups is 1. The first-order valence-corrected chi connectivity index (χ1v) is 8.01. The summed E-state index contributed by atoms with van der Waals surface area (Å²) in [5.41, 5.74) is 2.89. The van der Waals surface area contributed by atoms with E-state index in [-0.39, 0.29) is 17.5 Å². The van der Waals surface area contributed by atoms with Gasteiger partial charge in [-0.2, -0.15) is 5.10 Å². The molecule has 0 radical (unpaired) electrons. The molecular weight excluding hydrogens is 330 g/mol. The van der Waals surface area contributed by atoms with Crippen LogP contribution in [0.2, 0.25) is 0 Å². The van der Waals surface area contributed by atoms with Gasteiger partial charge in [0.2, 0.25) is 5.91 Å². The Morgan fingerprint density at radius 1 is 1.38 bits per heavy atom. The molecule has 3 rings (SSSR count). The smallest absolute Gasteiger partial charge is 0.273 e. The number of hydrazone groups is 1. The summed E-state index contributed by atoms with van der Waals surface area (Å²) >= 11 is 1.11. The molecule has 122 valence electrons. The molecule has 1 N–H and O–H groups in total. The molecule has 1 aliphatic rings. The molecule has 2 aromatic rings. The van der Waals surface area contributed by atoms with Gasteiger partial charge in [0.05, 0.1) is 16.0 Å². The number of hydrogen-bond acceptors (Lipinski definition) is 7. The average Bonchev–Trinajstić information content (AvgIpc) is 3.42. The molecular formula is C15H13N5O3S. The van der Waals surface area contributed by atoms with E-state index in [4.69, 9.17) is 0 Å². The van der Waals surface area contributed by atoms with E-state index < -0.39 is 4.92 Å². The highest BCUT2D eigenvalue weighted by Gasteiger charge is 2.29. The largest absolute Gasteiger partial charge is 0.283 e. The molecule has 1 saturated carbocycles. The maximum Gasteiger partial charge on any atom is 0.283 e. The minimum Gasteiger partial charge on any atom is -0.273 e. The zero-order valence-electron chi connectivity index (χ0n) is 12.5. The molecule has 0 saturated heterocycles. The standard InChI is InChI=1S/C15H13N5O3S/c21-14(11-3-4-11)19-18-9-10-2-5-13(12(8-10)20(22)23)24-15-16-6-1-7-17-15/h1-2,5-9,11H,3-4H2,(H,19,21). The van der Waals surface area contributed by atoms with Crippen molar-refractivity contribution in [3.63, 3.8) is 0 Å². The van der Waals surface area contributed by atoms with Crippen LogP contribution in [0.4, 0.5) is 5.69 Å². The second-order valence-corrected chi connectivity index (χ2v) is 6.14. The number of carbonyl (C=O) groups is 1. The number of aromatic nitrogens is 2. The lowest BCUT2D eigenvalue weighted by atomic mass is 10.2. The third-order valence-corrected chi connectivity index (χ3v) is 4.22. The maximum atomic E-state index is 11.5. The third kappa shape index (κ3) is 4.13. The molecule has 9 heteroatoms. The lowest BCUT2D eigenvalue weighted by Crippen LogP contribution is -2.18. The molecule has 1 aromatic carbocycles.